The molecular formula is C18H23FN2O2. The van der Waals surface area contributed by atoms with Crippen molar-refractivity contribution in [3.63, 3.8) is 0 Å². The maximum atomic E-state index is 14.1. The third-order valence-electron chi connectivity index (χ3n) is 5.65. The first-order chi connectivity index (χ1) is 11.2. The monoisotopic (exact) mass is 318 g/mol. The van der Waals surface area contributed by atoms with E-state index in [4.69, 9.17) is 4.74 Å². The maximum Gasteiger partial charge on any atom is 0.228 e. The molecule has 2 aliphatic carbocycles. The molecule has 1 heterocycles. The minimum atomic E-state index is -0.401. The van der Waals surface area contributed by atoms with Gasteiger partial charge < -0.3 is 15.4 Å². The topological polar surface area (TPSA) is 50.4 Å². The van der Waals surface area contributed by atoms with Gasteiger partial charge in [0, 0.05) is 17.7 Å². The highest BCUT2D eigenvalue weighted by Crippen LogP contribution is 2.58. The largest absolute Gasteiger partial charge is 0.487 e. The number of halogens is 1. The van der Waals surface area contributed by atoms with E-state index in [-0.39, 0.29) is 29.1 Å². The van der Waals surface area contributed by atoms with Gasteiger partial charge in [-0.1, -0.05) is 0 Å². The summed E-state index contributed by atoms with van der Waals surface area (Å²) in [5.74, 6) is -0.00597. The van der Waals surface area contributed by atoms with E-state index in [0.717, 1.165) is 51.6 Å². The predicted molar refractivity (Wildman–Crippen MR) is 85.9 cm³/mol. The number of hydrogen-bond donors (Lipinski definition) is 2. The molecule has 3 fully saturated rings. The van der Waals surface area contributed by atoms with E-state index in [0.29, 0.717) is 5.69 Å². The molecule has 0 aromatic heterocycles. The summed E-state index contributed by atoms with van der Waals surface area (Å²) < 4.78 is 19.7. The molecule has 1 spiro atoms. The molecule has 4 nitrogen and oxygen atoms in total. The number of benzene rings is 1. The molecule has 124 valence electrons. The Balaban J connectivity index is 1.37. The van der Waals surface area contributed by atoms with Crippen LogP contribution in [-0.4, -0.2) is 25.1 Å². The molecule has 23 heavy (non-hydrogen) atoms. The molecule has 0 radical (unpaired) electrons. The van der Waals surface area contributed by atoms with Crippen molar-refractivity contribution in [1.29, 1.82) is 0 Å². The Bertz CT molecular complexity index is 609. The van der Waals surface area contributed by atoms with E-state index in [1.165, 1.54) is 6.07 Å². The molecule has 3 aliphatic rings. The number of ether oxygens (including phenoxy) is 1. The second kappa shape index (κ2) is 5.78. The average molecular weight is 318 g/mol. The molecule has 0 bridgehead atoms. The average Bonchev–Trinajstić information content (AvgIpc) is 3.19. The zero-order valence-corrected chi connectivity index (χ0v) is 13.2. The Hall–Kier alpha value is -1.62. The fourth-order valence-corrected chi connectivity index (χ4v) is 3.77. The van der Waals surface area contributed by atoms with Gasteiger partial charge in [0.05, 0.1) is 6.10 Å². The smallest absolute Gasteiger partial charge is 0.228 e. The highest BCUT2D eigenvalue weighted by atomic mass is 19.1. The molecule has 1 saturated heterocycles. The predicted octanol–water partition coefficient (Wildman–Crippen LogP) is 3.09. The molecule has 2 saturated carbocycles. The fourth-order valence-electron chi connectivity index (χ4n) is 3.77. The molecule has 1 unspecified atom stereocenters. The van der Waals surface area contributed by atoms with Crippen molar-refractivity contribution in [2.75, 3.05) is 18.4 Å². The van der Waals surface area contributed by atoms with Gasteiger partial charge in [-0.2, -0.15) is 0 Å². The third-order valence-corrected chi connectivity index (χ3v) is 5.65. The summed E-state index contributed by atoms with van der Waals surface area (Å²) in [7, 11) is 0. The standard InChI is InChI=1S/C18H23FN2O2/c19-15-10-12(4-5-16(15)23-13-2-1-3-13)21-17(22)14-11-18(14)6-8-20-9-7-18/h4-5,10,13-14,20H,1-3,6-9,11H2,(H,21,22). The molecule has 1 aromatic rings. The summed E-state index contributed by atoms with van der Waals surface area (Å²) in [4.78, 5) is 12.4. The zero-order valence-electron chi connectivity index (χ0n) is 13.2. The van der Waals surface area contributed by atoms with Crippen molar-refractivity contribution in [3.05, 3.63) is 24.0 Å². The lowest BCUT2D eigenvalue weighted by Crippen LogP contribution is -2.31. The van der Waals surface area contributed by atoms with Crippen LogP contribution in [0.1, 0.15) is 38.5 Å². The number of anilines is 1. The van der Waals surface area contributed by atoms with Gasteiger partial charge in [0.2, 0.25) is 5.91 Å². The van der Waals surface area contributed by atoms with Gasteiger partial charge in [0.15, 0.2) is 11.6 Å². The van der Waals surface area contributed by atoms with Crippen LogP contribution < -0.4 is 15.4 Å². The van der Waals surface area contributed by atoms with Gasteiger partial charge in [0.1, 0.15) is 0 Å². The van der Waals surface area contributed by atoms with Crippen LogP contribution in [0.4, 0.5) is 10.1 Å². The van der Waals surface area contributed by atoms with Gasteiger partial charge in [-0.15, -0.1) is 0 Å². The van der Waals surface area contributed by atoms with Crippen LogP contribution >= 0.6 is 0 Å². The van der Waals surface area contributed by atoms with Crippen LogP contribution in [0.3, 0.4) is 0 Å². The molecule has 1 amide bonds. The second-order valence-corrected chi connectivity index (χ2v) is 7.17. The van der Waals surface area contributed by atoms with Crippen LogP contribution in [0, 0.1) is 17.2 Å². The highest BCUT2D eigenvalue weighted by Gasteiger charge is 2.57. The first kappa shape index (κ1) is 14.9. The third kappa shape index (κ3) is 2.94. The number of rotatable bonds is 4. The lowest BCUT2D eigenvalue weighted by Gasteiger charge is -2.26. The van der Waals surface area contributed by atoms with E-state index in [1.54, 1.807) is 12.1 Å². The normalized spacial score (nSPS) is 25.7. The molecule has 1 aliphatic heterocycles. The summed E-state index contributed by atoms with van der Waals surface area (Å²) in [6.45, 7) is 1.98. The van der Waals surface area contributed by atoms with Crippen molar-refractivity contribution in [1.82, 2.24) is 5.32 Å². The molecule has 1 atom stereocenters. The van der Waals surface area contributed by atoms with E-state index in [2.05, 4.69) is 10.6 Å². The Morgan fingerprint density at radius 3 is 2.74 bits per heavy atom. The highest BCUT2D eigenvalue weighted by molar-refractivity contribution is 5.95. The minimum Gasteiger partial charge on any atom is -0.487 e. The number of piperidine rings is 1. The Labute approximate surface area is 135 Å². The number of hydrogen-bond acceptors (Lipinski definition) is 3. The quantitative estimate of drug-likeness (QED) is 0.897. The van der Waals surface area contributed by atoms with Gasteiger partial charge >= 0.3 is 0 Å². The Morgan fingerprint density at radius 1 is 1.30 bits per heavy atom. The molecule has 2 N–H and O–H groups in total. The van der Waals surface area contributed by atoms with E-state index in [9.17, 15) is 9.18 Å². The van der Waals surface area contributed by atoms with Gasteiger partial charge in [-0.25, -0.2) is 4.39 Å². The summed E-state index contributed by atoms with van der Waals surface area (Å²) in [6, 6.07) is 4.71. The van der Waals surface area contributed by atoms with Crippen LogP contribution in [0.5, 0.6) is 5.75 Å². The van der Waals surface area contributed by atoms with Crippen molar-refractivity contribution in [3.8, 4) is 5.75 Å². The van der Waals surface area contributed by atoms with Crippen molar-refractivity contribution in [2.24, 2.45) is 11.3 Å². The van der Waals surface area contributed by atoms with Gasteiger partial charge in [0.25, 0.3) is 0 Å². The van der Waals surface area contributed by atoms with Gasteiger partial charge in [-0.05, 0) is 69.2 Å². The second-order valence-electron chi connectivity index (χ2n) is 7.17. The summed E-state index contributed by atoms with van der Waals surface area (Å²) in [6.07, 6.45) is 6.38. The summed E-state index contributed by atoms with van der Waals surface area (Å²) in [5.41, 5.74) is 0.714. The van der Waals surface area contributed by atoms with Crippen LogP contribution in [0.15, 0.2) is 18.2 Å². The molecular weight excluding hydrogens is 295 g/mol. The minimum absolute atomic E-state index is 0.0268. The summed E-state index contributed by atoms with van der Waals surface area (Å²) >= 11 is 0. The maximum absolute atomic E-state index is 14.1. The number of amides is 1. The zero-order chi connectivity index (χ0) is 15.9. The van der Waals surface area contributed by atoms with Crippen LogP contribution in [-0.2, 0) is 4.79 Å². The first-order valence-electron chi connectivity index (χ1n) is 8.64. The number of carbonyl (C=O) groups excluding carboxylic acids is 1. The number of carbonyl (C=O) groups is 1. The molecule has 1 aromatic carbocycles. The van der Waals surface area contributed by atoms with Gasteiger partial charge in [-0.3, -0.25) is 4.79 Å². The van der Waals surface area contributed by atoms with E-state index < -0.39 is 5.82 Å². The van der Waals surface area contributed by atoms with Crippen molar-refractivity contribution >= 4 is 11.6 Å². The Morgan fingerprint density at radius 2 is 2.09 bits per heavy atom. The van der Waals surface area contributed by atoms with E-state index >= 15 is 0 Å². The van der Waals surface area contributed by atoms with Crippen molar-refractivity contribution < 1.29 is 13.9 Å². The van der Waals surface area contributed by atoms with Crippen LogP contribution in [0.2, 0.25) is 0 Å². The Kier molecular flexibility index (Phi) is 3.76. The lowest BCUT2D eigenvalue weighted by molar-refractivity contribution is -0.118. The van der Waals surface area contributed by atoms with E-state index in [1.807, 2.05) is 0 Å². The first-order valence-corrected chi connectivity index (χ1v) is 8.64. The number of nitrogens with one attached hydrogen (secondary N) is 2. The fraction of sp³-hybridized carbons (Fsp3) is 0.611. The van der Waals surface area contributed by atoms with Crippen LogP contribution in [0.25, 0.3) is 0 Å². The molecule has 5 heteroatoms. The SMILES string of the molecule is O=C(Nc1ccc(OC2CCC2)c(F)c1)C1CC12CCNCC2. The molecule has 4 rings (SSSR count). The summed E-state index contributed by atoms with van der Waals surface area (Å²) in [5, 5.41) is 6.20. The van der Waals surface area contributed by atoms with Crippen molar-refractivity contribution in [2.45, 2.75) is 44.6 Å². The lowest BCUT2D eigenvalue weighted by atomic mass is 9.92.